The molecule has 0 amide bonds. The van der Waals surface area contributed by atoms with Crippen molar-refractivity contribution >= 4 is 17.8 Å². The lowest BCUT2D eigenvalue weighted by molar-refractivity contribution is 0.283. The molecule has 3 aromatic rings. The number of benzene rings is 2. The molecule has 2 aromatic carbocycles. The Bertz CT molecular complexity index is 934. The number of hydrogen-bond acceptors (Lipinski definition) is 5. The van der Waals surface area contributed by atoms with E-state index in [4.69, 9.17) is 4.98 Å². The van der Waals surface area contributed by atoms with E-state index >= 15 is 0 Å². The van der Waals surface area contributed by atoms with Gasteiger partial charge in [-0.25, -0.2) is 4.98 Å². The summed E-state index contributed by atoms with van der Waals surface area (Å²) >= 11 is 0. The van der Waals surface area contributed by atoms with Crippen LogP contribution in [0.4, 0.5) is 11.8 Å². The quantitative estimate of drug-likeness (QED) is 0.634. The minimum atomic E-state index is 0.196. The van der Waals surface area contributed by atoms with Gasteiger partial charge in [-0.05, 0) is 24.1 Å². The molecule has 1 saturated heterocycles. The first-order valence-electron chi connectivity index (χ1n) is 10.6. The van der Waals surface area contributed by atoms with Gasteiger partial charge in [0.2, 0.25) is 5.95 Å². The number of piperazine rings is 1. The van der Waals surface area contributed by atoms with Crippen LogP contribution in [0.15, 0.2) is 79.0 Å². The summed E-state index contributed by atoms with van der Waals surface area (Å²) in [5.41, 5.74) is 2.49. The standard InChI is InChI=1S/C25H29N5/c1-21(23-12-6-3-7-13-23)27-24-14-15-26-25(28-24)30-19-17-29(18-20-30)16-8-11-22-9-4-2-5-10-22/h2-15,21H,16-20H2,1H3,(H,26,27,28)/b11-8+. The van der Waals surface area contributed by atoms with E-state index in [9.17, 15) is 0 Å². The van der Waals surface area contributed by atoms with Crippen LogP contribution in [0.1, 0.15) is 24.1 Å². The molecule has 1 atom stereocenters. The maximum atomic E-state index is 4.76. The van der Waals surface area contributed by atoms with Crippen molar-refractivity contribution in [3.63, 3.8) is 0 Å². The predicted molar refractivity (Wildman–Crippen MR) is 125 cm³/mol. The van der Waals surface area contributed by atoms with Crippen LogP contribution in [-0.4, -0.2) is 47.6 Å². The summed E-state index contributed by atoms with van der Waals surface area (Å²) in [5.74, 6) is 1.67. The van der Waals surface area contributed by atoms with E-state index in [1.807, 2.05) is 24.4 Å². The zero-order valence-corrected chi connectivity index (χ0v) is 17.5. The highest BCUT2D eigenvalue weighted by Gasteiger charge is 2.18. The molecular weight excluding hydrogens is 370 g/mol. The predicted octanol–water partition coefficient (Wildman–Crippen LogP) is 4.49. The SMILES string of the molecule is CC(Nc1ccnc(N2CCN(C/C=C/c3ccccc3)CC2)n1)c1ccccc1. The zero-order chi connectivity index (χ0) is 20.6. The fraction of sp³-hybridized carbons (Fsp3) is 0.280. The second-order valence-electron chi connectivity index (χ2n) is 7.62. The highest BCUT2D eigenvalue weighted by molar-refractivity contribution is 5.49. The van der Waals surface area contributed by atoms with Gasteiger partial charge in [0.25, 0.3) is 0 Å². The van der Waals surface area contributed by atoms with Crippen molar-refractivity contribution in [1.29, 1.82) is 0 Å². The van der Waals surface area contributed by atoms with Crippen LogP contribution in [-0.2, 0) is 0 Å². The van der Waals surface area contributed by atoms with Crippen molar-refractivity contribution in [3.05, 3.63) is 90.1 Å². The van der Waals surface area contributed by atoms with Gasteiger partial charge in [0.15, 0.2) is 0 Å². The van der Waals surface area contributed by atoms with Crippen molar-refractivity contribution < 1.29 is 0 Å². The first kappa shape index (κ1) is 20.1. The van der Waals surface area contributed by atoms with Gasteiger partial charge in [0.1, 0.15) is 5.82 Å². The third-order valence-corrected chi connectivity index (χ3v) is 5.44. The summed E-state index contributed by atoms with van der Waals surface area (Å²) in [6.45, 7) is 7.04. The van der Waals surface area contributed by atoms with E-state index in [0.717, 1.165) is 44.5 Å². The molecule has 0 radical (unpaired) electrons. The van der Waals surface area contributed by atoms with Crippen molar-refractivity contribution in [1.82, 2.24) is 14.9 Å². The third-order valence-electron chi connectivity index (χ3n) is 5.44. The topological polar surface area (TPSA) is 44.3 Å². The molecule has 5 nitrogen and oxygen atoms in total. The van der Waals surface area contributed by atoms with Gasteiger partial charge in [-0.1, -0.05) is 72.8 Å². The lowest BCUT2D eigenvalue weighted by Gasteiger charge is -2.34. The number of rotatable bonds is 7. The Kier molecular flexibility index (Phi) is 6.72. The minimum Gasteiger partial charge on any atom is -0.363 e. The molecule has 1 aliphatic rings. The lowest BCUT2D eigenvalue weighted by Crippen LogP contribution is -2.47. The highest BCUT2D eigenvalue weighted by Crippen LogP contribution is 2.19. The number of aromatic nitrogens is 2. The molecular formula is C25H29N5. The van der Waals surface area contributed by atoms with Gasteiger partial charge in [0, 0.05) is 45.0 Å². The molecule has 30 heavy (non-hydrogen) atoms. The molecule has 4 rings (SSSR count). The first-order valence-corrected chi connectivity index (χ1v) is 10.6. The molecule has 2 heterocycles. The van der Waals surface area contributed by atoms with Gasteiger partial charge < -0.3 is 10.2 Å². The summed E-state index contributed by atoms with van der Waals surface area (Å²) in [6, 6.07) is 23.0. The van der Waals surface area contributed by atoms with Crippen molar-refractivity contribution in [3.8, 4) is 0 Å². The smallest absolute Gasteiger partial charge is 0.227 e. The van der Waals surface area contributed by atoms with E-state index < -0.39 is 0 Å². The molecule has 1 fully saturated rings. The van der Waals surface area contributed by atoms with Crippen molar-refractivity contribution in [2.45, 2.75) is 13.0 Å². The van der Waals surface area contributed by atoms with Gasteiger partial charge >= 0.3 is 0 Å². The van der Waals surface area contributed by atoms with Gasteiger partial charge in [-0.2, -0.15) is 4.98 Å². The Morgan fingerprint density at radius 3 is 2.37 bits per heavy atom. The monoisotopic (exact) mass is 399 g/mol. The van der Waals surface area contributed by atoms with Crippen LogP contribution >= 0.6 is 0 Å². The first-order chi connectivity index (χ1) is 14.8. The van der Waals surface area contributed by atoms with Crippen molar-refractivity contribution in [2.75, 3.05) is 42.9 Å². The number of hydrogen-bond donors (Lipinski definition) is 1. The molecule has 1 aromatic heterocycles. The van der Waals surface area contributed by atoms with E-state index in [-0.39, 0.29) is 6.04 Å². The Morgan fingerprint density at radius 2 is 1.63 bits per heavy atom. The van der Waals surface area contributed by atoms with Crippen LogP contribution in [0.2, 0.25) is 0 Å². The van der Waals surface area contributed by atoms with Crippen LogP contribution in [0, 0.1) is 0 Å². The van der Waals surface area contributed by atoms with Crippen LogP contribution < -0.4 is 10.2 Å². The minimum absolute atomic E-state index is 0.196. The van der Waals surface area contributed by atoms with E-state index in [2.05, 4.69) is 87.7 Å². The molecule has 1 aliphatic heterocycles. The van der Waals surface area contributed by atoms with Gasteiger partial charge in [0.05, 0.1) is 0 Å². The average Bonchev–Trinajstić information content (AvgIpc) is 2.81. The van der Waals surface area contributed by atoms with Crippen LogP contribution in [0.25, 0.3) is 6.08 Å². The molecule has 1 unspecified atom stereocenters. The van der Waals surface area contributed by atoms with E-state index in [1.165, 1.54) is 11.1 Å². The number of nitrogens with one attached hydrogen (secondary N) is 1. The molecule has 0 saturated carbocycles. The third kappa shape index (κ3) is 5.45. The largest absolute Gasteiger partial charge is 0.363 e. The summed E-state index contributed by atoms with van der Waals surface area (Å²) in [5, 5.41) is 3.49. The molecule has 5 heteroatoms. The van der Waals surface area contributed by atoms with Crippen molar-refractivity contribution in [2.24, 2.45) is 0 Å². The van der Waals surface area contributed by atoms with E-state index in [0.29, 0.717) is 0 Å². The summed E-state index contributed by atoms with van der Waals surface area (Å²) in [6.07, 6.45) is 6.28. The molecule has 0 spiro atoms. The average molecular weight is 400 g/mol. The maximum Gasteiger partial charge on any atom is 0.227 e. The Morgan fingerprint density at radius 1 is 0.933 bits per heavy atom. The van der Waals surface area contributed by atoms with E-state index in [1.54, 1.807) is 0 Å². The maximum absolute atomic E-state index is 4.76. The van der Waals surface area contributed by atoms with Crippen LogP contribution in [0.3, 0.4) is 0 Å². The Hall–Kier alpha value is -3.18. The molecule has 0 bridgehead atoms. The van der Waals surface area contributed by atoms with Gasteiger partial charge in [-0.3, -0.25) is 4.90 Å². The zero-order valence-electron chi connectivity index (χ0n) is 17.5. The highest BCUT2D eigenvalue weighted by atomic mass is 15.3. The lowest BCUT2D eigenvalue weighted by atomic mass is 10.1. The Balaban J connectivity index is 1.29. The van der Waals surface area contributed by atoms with Crippen LogP contribution in [0.5, 0.6) is 0 Å². The second kappa shape index (κ2) is 10.0. The molecule has 1 N–H and O–H groups in total. The Labute approximate surface area is 179 Å². The van der Waals surface area contributed by atoms with Gasteiger partial charge in [-0.15, -0.1) is 0 Å². The summed E-state index contributed by atoms with van der Waals surface area (Å²) in [7, 11) is 0. The normalized spacial score (nSPS) is 16.0. The summed E-state index contributed by atoms with van der Waals surface area (Å²) in [4.78, 5) is 14.0. The fourth-order valence-corrected chi connectivity index (χ4v) is 3.66. The second-order valence-corrected chi connectivity index (χ2v) is 7.62. The number of nitrogens with zero attached hydrogens (tertiary/aromatic N) is 4. The summed E-state index contributed by atoms with van der Waals surface area (Å²) < 4.78 is 0. The molecule has 0 aliphatic carbocycles. The fourth-order valence-electron chi connectivity index (χ4n) is 3.66. The number of anilines is 2. The molecule has 154 valence electrons.